The molecule has 0 aliphatic rings. The monoisotopic (exact) mass is 327 g/mol. The van der Waals surface area contributed by atoms with Crippen LogP contribution in [0.5, 0.6) is 5.75 Å². The third-order valence-corrected chi connectivity index (χ3v) is 3.97. The molecule has 2 N–H and O–H groups in total. The molecule has 0 aliphatic heterocycles. The molecule has 0 saturated heterocycles. The molecule has 0 saturated carbocycles. The lowest BCUT2D eigenvalue weighted by Gasteiger charge is -2.05. The second kappa shape index (κ2) is 15.2. The summed E-state index contributed by atoms with van der Waals surface area (Å²) >= 11 is 0. The standard InChI is InChI=1S/C19H33NO.ClH/c1-2-3-4-5-6-7-8-9-10-11-16-20-17-18-12-14-19(21)15-13-18;/h12-15,20-21H,2-11,16-17H2,1H3;1H. The van der Waals surface area contributed by atoms with Crippen molar-refractivity contribution in [3.05, 3.63) is 29.8 Å². The van der Waals surface area contributed by atoms with Crippen molar-refractivity contribution in [2.75, 3.05) is 6.54 Å². The van der Waals surface area contributed by atoms with Crippen LogP contribution in [0.1, 0.15) is 76.7 Å². The second-order valence-electron chi connectivity index (χ2n) is 6.03. The van der Waals surface area contributed by atoms with Gasteiger partial charge in [0.05, 0.1) is 0 Å². The zero-order valence-corrected chi connectivity index (χ0v) is 15.0. The van der Waals surface area contributed by atoms with Crippen LogP contribution in [-0.2, 0) is 6.54 Å². The van der Waals surface area contributed by atoms with E-state index in [1.807, 2.05) is 12.1 Å². The molecule has 0 fully saturated rings. The van der Waals surface area contributed by atoms with Crippen molar-refractivity contribution < 1.29 is 5.11 Å². The molecule has 1 aromatic carbocycles. The van der Waals surface area contributed by atoms with Gasteiger partial charge in [-0.25, -0.2) is 0 Å². The molecule has 0 aliphatic carbocycles. The molecule has 0 bridgehead atoms. The fourth-order valence-corrected chi connectivity index (χ4v) is 2.58. The van der Waals surface area contributed by atoms with Crippen molar-refractivity contribution in [2.45, 2.75) is 77.7 Å². The maximum Gasteiger partial charge on any atom is 0.115 e. The molecular formula is C19H34ClNO. The lowest BCUT2D eigenvalue weighted by atomic mass is 10.1. The van der Waals surface area contributed by atoms with Crippen LogP contribution in [0.2, 0.25) is 0 Å². The minimum absolute atomic E-state index is 0. The highest BCUT2D eigenvalue weighted by atomic mass is 35.5. The van der Waals surface area contributed by atoms with Crippen molar-refractivity contribution >= 4 is 12.4 Å². The van der Waals surface area contributed by atoms with Gasteiger partial charge >= 0.3 is 0 Å². The Bertz CT molecular complexity index is 340. The molecule has 1 aromatic rings. The van der Waals surface area contributed by atoms with Crippen molar-refractivity contribution in [1.29, 1.82) is 0 Å². The summed E-state index contributed by atoms with van der Waals surface area (Å²) in [5.41, 5.74) is 1.24. The van der Waals surface area contributed by atoms with Crippen molar-refractivity contribution in [1.82, 2.24) is 5.32 Å². The van der Waals surface area contributed by atoms with Crippen LogP contribution in [0.3, 0.4) is 0 Å². The predicted molar refractivity (Wildman–Crippen MR) is 98.9 cm³/mol. The second-order valence-corrected chi connectivity index (χ2v) is 6.03. The topological polar surface area (TPSA) is 32.3 Å². The number of benzene rings is 1. The van der Waals surface area contributed by atoms with Crippen LogP contribution in [-0.4, -0.2) is 11.7 Å². The van der Waals surface area contributed by atoms with E-state index in [4.69, 9.17) is 0 Å². The number of hydrogen-bond donors (Lipinski definition) is 2. The Labute approximate surface area is 143 Å². The van der Waals surface area contributed by atoms with E-state index >= 15 is 0 Å². The molecule has 0 heterocycles. The van der Waals surface area contributed by atoms with Gasteiger partial charge in [0.1, 0.15) is 5.75 Å². The molecule has 0 amide bonds. The largest absolute Gasteiger partial charge is 0.508 e. The first-order valence-corrected chi connectivity index (χ1v) is 8.81. The van der Waals surface area contributed by atoms with E-state index in [-0.39, 0.29) is 12.4 Å². The highest BCUT2D eigenvalue weighted by Crippen LogP contribution is 2.11. The minimum Gasteiger partial charge on any atom is -0.508 e. The smallest absolute Gasteiger partial charge is 0.115 e. The van der Waals surface area contributed by atoms with Gasteiger partial charge in [-0.05, 0) is 30.7 Å². The van der Waals surface area contributed by atoms with E-state index in [0.717, 1.165) is 13.1 Å². The zero-order chi connectivity index (χ0) is 15.2. The van der Waals surface area contributed by atoms with E-state index < -0.39 is 0 Å². The first kappa shape index (κ1) is 21.3. The van der Waals surface area contributed by atoms with Gasteiger partial charge in [0.25, 0.3) is 0 Å². The number of rotatable bonds is 13. The summed E-state index contributed by atoms with van der Waals surface area (Å²) in [6.07, 6.45) is 13.9. The van der Waals surface area contributed by atoms with Crippen molar-refractivity contribution in [2.24, 2.45) is 0 Å². The lowest BCUT2D eigenvalue weighted by Crippen LogP contribution is -2.14. The third kappa shape index (κ3) is 11.9. The van der Waals surface area contributed by atoms with E-state index in [1.165, 1.54) is 69.8 Å². The molecule has 128 valence electrons. The SMILES string of the molecule is CCCCCCCCCCCCNCc1ccc(O)cc1.Cl. The molecule has 3 heteroatoms. The summed E-state index contributed by atoms with van der Waals surface area (Å²) in [7, 11) is 0. The Kier molecular flexibility index (Phi) is 14.7. The van der Waals surface area contributed by atoms with Crippen LogP contribution >= 0.6 is 12.4 Å². The van der Waals surface area contributed by atoms with Gasteiger partial charge in [0.15, 0.2) is 0 Å². The van der Waals surface area contributed by atoms with Crippen LogP contribution in [0.15, 0.2) is 24.3 Å². The van der Waals surface area contributed by atoms with Gasteiger partial charge in [-0.2, -0.15) is 0 Å². The highest BCUT2D eigenvalue weighted by Gasteiger charge is 1.94. The summed E-state index contributed by atoms with van der Waals surface area (Å²) < 4.78 is 0. The van der Waals surface area contributed by atoms with Gasteiger partial charge < -0.3 is 10.4 Å². The molecule has 0 aromatic heterocycles. The van der Waals surface area contributed by atoms with E-state index in [2.05, 4.69) is 12.2 Å². The van der Waals surface area contributed by atoms with Crippen LogP contribution < -0.4 is 5.32 Å². The van der Waals surface area contributed by atoms with Crippen LogP contribution in [0, 0.1) is 0 Å². The number of aromatic hydroxyl groups is 1. The van der Waals surface area contributed by atoms with Crippen molar-refractivity contribution in [3.63, 3.8) is 0 Å². The maximum absolute atomic E-state index is 9.21. The van der Waals surface area contributed by atoms with Gasteiger partial charge in [-0.15, -0.1) is 12.4 Å². The molecule has 0 atom stereocenters. The number of phenols is 1. The quantitative estimate of drug-likeness (QED) is 0.447. The van der Waals surface area contributed by atoms with E-state index in [1.54, 1.807) is 12.1 Å². The highest BCUT2D eigenvalue weighted by molar-refractivity contribution is 5.85. The van der Waals surface area contributed by atoms with Gasteiger partial charge in [-0.1, -0.05) is 76.8 Å². The summed E-state index contributed by atoms with van der Waals surface area (Å²) in [5.74, 6) is 0.341. The fourth-order valence-electron chi connectivity index (χ4n) is 2.58. The Morgan fingerprint density at radius 3 is 1.82 bits per heavy atom. The average Bonchev–Trinajstić information content (AvgIpc) is 2.50. The minimum atomic E-state index is 0. The van der Waals surface area contributed by atoms with Crippen molar-refractivity contribution in [3.8, 4) is 5.75 Å². The first-order chi connectivity index (χ1) is 10.3. The number of hydrogen-bond acceptors (Lipinski definition) is 2. The van der Waals surface area contributed by atoms with E-state index in [0.29, 0.717) is 5.75 Å². The molecule has 1 rings (SSSR count). The Morgan fingerprint density at radius 1 is 0.773 bits per heavy atom. The van der Waals surface area contributed by atoms with Gasteiger partial charge in [-0.3, -0.25) is 0 Å². The Morgan fingerprint density at radius 2 is 1.27 bits per heavy atom. The number of nitrogens with one attached hydrogen (secondary N) is 1. The zero-order valence-electron chi connectivity index (χ0n) is 14.2. The lowest BCUT2D eigenvalue weighted by molar-refractivity contribution is 0.475. The Balaban J connectivity index is 0.00000441. The van der Waals surface area contributed by atoms with Crippen LogP contribution in [0.25, 0.3) is 0 Å². The first-order valence-electron chi connectivity index (χ1n) is 8.81. The molecule has 2 nitrogen and oxygen atoms in total. The van der Waals surface area contributed by atoms with Gasteiger partial charge in [0, 0.05) is 6.54 Å². The predicted octanol–water partition coefficient (Wildman–Crippen LogP) is 5.82. The van der Waals surface area contributed by atoms with Crippen LogP contribution in [0.4, 0.5) is 0 Å². The number of phenolic OH excluding ortho intramolecular Hbond substituents is 1. The summed E-state index contributed by atoms with van der Waals surface area (Å²) in [4.78, 5) is 0. The average molecular weight is 328 g/mol. The normalized spacial score (nSPS) is 10.4. The third-order valence-electron chi connectivity index (χ3n) is 3.97. The molecule has 0 spiro atoms. The van der Waals surface area contributed by atoms with Gasteiger partial charge in [0.2, 0.25) is 0 Å². The number of halogens is 1. The number of unbranched alkanes of at least 4 members (excludes halogenated alkanes) is 9. The molecule has 0 unspecified atom stereocenters. The summed E-state index contributed by atoms with van der Waals surface area (Å²) in [5, 5.41) is 12.7. The fraction of sp³-hybridized carbons (Fsp3) is 0.684. The Hall–Kier alpha value is -0.730. The molecule has 22 heavy (non-hydrogen) atoms. The maximum atomic E-state index is 9.21. The molecular weight excluding hydrogens is 294 g/mol. The molecule has 0 radical (unpaired) electrons. The summed E-state index contributed by atoms with van der Waals surface area (Å²) in [6, 6.07) is 7.44. The van der Waals surface area contributed by atoms with E-state index in [9.17, 15) is 5.11 Å². The summed E-state index contributed by atoms with van der Waals surface area (Å²) in [6.45, 7) is 4.27.